The maximum Gasteiger partial charge on any atom is 0.343 e. The highest BCUT2D eigenvalue weighted by Crippen LogP contribution is 2.43. The summed E-state index contributed by atoms with van der Waals surface area (Å²) in [5.74, 6) is -0.0454. The van der Waals surface area contributed by atoms with Gasteiger partial charge in [-0.25, -0.2) is 4.79 Å². The van der Waals surface area contributed by atoms with Gasteiger partial charge in [-0.1, -0.05) is 45.9 Å². The fraction of sp³-hybridized carbons (Fsp3) is 0.115. The Hall–Kier alpha value is -3.76. The predicted molar refractivity (Wildman–Crippen MR) is 139 cm³/mol. The quantitative estimate of drug-likeness (QED) is 0.178. The first-order chi connectivity index (χ1) is 17.4. The van der Waals surface area contributed by atoms with Gasteiger partial charge in [0.05, 0.1) is 11.3 Å². The lowest BCUT2D eigenvalue weighted by Crippen LogP contribution is -2.36. The first kappa shape index (κ1) is 24.0. The topological polar surface area (TPSA) is 94.5 Å². The molecule has 0 saturated carbocycles. The largest absolute Gasteiger partial charge is 0.447 e. The van der Waals surface area contributed by atoms with E-state index in [1.54, 1.807) is 53.4 Å². The lowest BCUT2D eigenvalue weighted by atomic mass is 10.1. The predicted octanol–water partition coefficient (Wildman–Crippen LogP) is 5.69. The number of rotatable bonds is 4. The van der Waals surface area contributed by atoms with E-state index in [0.717, 1.165) is 4.47 Å². The van der Waals surface area contributed by atoms with Gasteiger partial charge >= 0.3 is 5.97 Å². The summed E-state index contributed by atoms with van der Waals surface area (Å²) >= 11 is 4.70. The molecule has 36 heavy (non-hydrogen) atoms. The van der Waals surface area contributed by atoms with Gasteiger partial charge in [-0.15, -0.1) is 10.2 Å². The van der Waals surface area contributed by atoms with Crippen LogP contribution in [0.15, 0.2) is 82.4 Å². The van der Waals surface area contributed by atoms with E-state index in [-0.39, 0.29) is 11.8 Å². The molecule has 5 rings (SSSR count). The number of thioether (sulfide) groups is 1. The second kappa shape index (κ2) is 10.1. The van der Waals surface area contributed by atoms with Gasteiger partial charge in [0.25, 0.3) is 0 Å². The van der Waals surface area contributed by atoms with Gasteiger partial charge in [0, 0.05) is 22.5 Å². The zero-order valence-electron chi connectivity index (χ0n) is 19.2. The minimum atomic E-state index is -0.826. The van der Waals surface area contributed by atoms with Crippen LogP contribution in [0.2, 0.25) is 0 Å². The van der Waals surface area contributed by atoms with Crippen LogP contribution in [0.1, 0.15) is 29.1 Å². The van der Waals surface area contributed by atoms with Crippen LogP contribution >= 0.6 is 27.7 Å². The average Bonchev–Trinajstić information content (AvgIpc) is 3.03. The molecule has 0 N–H and O–H groups in total. The Morgan fingerprint density at radius 2 is 1.72 bits per heavy atom. The van der Waals surface area contributed by atoms with Crippen LogP contribution in [0.3, 0.4) is 0 Å². The Morgan fingerprint density at radius 3 is 2.42 bits per heavy atom. The molecule has 1 amide bonds. The number of anilines is 1. The van der Waals surface area contributed by atoms with Gasteiger partial charge < -0.3 is 9.47 Å². The van der Waals surface area contributed by atoms with Crippen molar-refractivity contribution in [3.05, 3.63) is 88.4 Å². The number of halogens is 1. The standard InChI is InChI=1S/C26H19BrN4O4S/c1-15(32)31-21-6-4-3-5-20(21)22-23(28-26(36-2)30-29-22)35-24(31)16-9-13-19(14-10-16)34-25(33)17-7-11-18(27)12-8-17/h3-14,24H,1-2H3/t24-/m1/s1. The van der Waals surface area contributed by atoms with Crippen molar-refractivity contribution < 1.29 is 19.1 Å². The summed E-state index contributed by atoms with van der Waals surface area (Å²) in [5.41, 5.74) is 2.88. The molecule has 180 valence electrons. The summed E-state index contributed by atoms with van der Waals surface area (Å²) in [5, 5.41) is 8.95. The number of aromatic nitrogens is 3. The Balaban J connectivity index is 1.50. The van der Waals surface area contributed by atoms with Crippen molar-refractivity contribution in [1.82, 2.24) is 15.2 Å². The number of carbonyl (C=O) groups excluding carboxylic acids is 2. The number of para-hydroxylation sites is 1. The van der Waals surface area contributed by atoms with E-state index in [1.807, 2.05) is 30.5 Å². The Morgan fingerprint density at radius 1 is 1.00 bits per heavy atom. The Labute approximate surface area is 219 Å². The lowest BCUT2D eigenvalue weighted by molar-refractivity contribution is -0.118. The van der Waals surface area contributed by atoms with Crippen molar-refractivity contribution in [3.63, 3.8) is 0 Å². The fourth-order valence-corrected chi connectivity index (χ4v) is 4.37. The van der Waals surface area contributed by atoms with Crippen LogP contribution in [0.4, 0.5) is 5.69 Å². The van der Waals surface area contributed by atoms with Gasteiger partial charge in [0.15, 0.2) is 5.69 Å². The molecule has 10 heteroatoms. The van der Waals surface area contributed by atoms with E-state index in [1.165, 1.54) is 18.7 Å². The van der Waals surface area contributed by atoms with E-state index in [4.69, 9.17) is 9.47 Å². The summed E-state index contributed by atoms with van der Waals surface area (Å²) in [6, 6.07) is 21.1. The zero-order chi connectivity index (χ0) is 25.2. The lowest BCUT2D eigenvalue weighted by Gasteiger charge is -2.29. The summed E-state index contributed by atoms with van der Waals surface area (Å²) in [6.45, 7) is 1.48. The van der Waals surface area contributed by atoms with E-state index in [2.05, 4.69) is 31.1 Å². The first-order valence-electron chi connectivity index (χ1n) is 10.9. The third kappa shape index (κ3) is 4.69. The number of carbonyl (C=O) groups is 2. The highest BCUT2D eigenvalue weighted by atomic mass is 79.9. The number of ether oxygens (including phenoxy) is 2. The summed E-state index contributed by atoms with van der Waals surface area (Å²) in [6.07, 6.45) is 1.02. The molecule has 0 spiro atoms. The zero-order valence-corrected chi connectivity index (χ0v) is 21.6. The van der Waals surface area contributed by atoms with Crippen molar-refractivity contribution in [2.75, 3.05) is 11.2 Å². The van der Waals surface area contributed by atoms with Crippen molar-refractivity contribution in [2.24, 2.45) is 0 Å². The number of nitrogens with zero attached hydrogens (tertiary/aromatic N) is 4. The molecule has 1 aromatic heterocycles. The number of hydrogen-bond acceptors (Lipinski definition) is 8. The van der Waals surface area contributed by atoms with Crippen LogP contribution in [0.5, 0.6) is 11.6 Å². The van der Waals surface area contributed by atoms with Crippen molar-refractivity contribution in [2.45, 2.75) is 18.3 Å². The molecule has 0 radical (unpaired) electrons. The number of fused-ring (bicyclic) bond motifs is 3. The maximum absolute atomic E-state index is 12.9. The Kier molecular flexibility index (Phi) is 6.71. The van der Waals surface area contributed by atoms with Gasteiger partial charge in [0.1, 0.15) is 5.75 Å². The molecule has 0 unspecified atom stereocenters. The van der Waals surface area contributed by atoms with E-state index >= 15 is 0 Å². The number of esters is 1. The van der Waals surface area contributed by atoms with Crippen LogP contribution in [-0.4, -0.2) is 33.3 Å². The summed E-state index contributed by atoms with van der Waals surface area (Å²) in [4.78, 5) is 31.4. The third-order valence-electron chi connectivity index (χ3n) is 5.49. The average molecular weight is 563 g/mol. The molecule has 4 aromatic rings. The molecule has 3 aromatic carbocycles. The first-order valence-corrected chi connectivity index (χ1v) is 12.9. The van der Waals surface area contributed by atoms with Gasteiger partial charge in [-0.2, -0.15) is 4.98 Å². The summed E-state index contributed by atoms with van der Waals surface area (Å²) < 4.78 is 12.7. The van der Waals surface area contributed by atoms with Gasteiger partial charge in [0.2, 0.25) is 23.2 Å². The normalized spacial score (nSPS) is 14.2. The van der Waals surface area contributed by atoms with Crippen LogP contribution in [0.25, 0.3) is 11.3 Å². The minimum absolute atomic E-state index is 0.218. The molecule has 1 atom stereocenters. The molecule has 1 aliphatic rings. The molecule has 1 aliphatic heterocycles. The van der Waals surface area contributed by atoms with Gasteiger partial charge in [-0.05, 0) is 60.9 Å². The maximum atomic E-state index is 12.9. The molecule has 2 heterocycles. The monoisotopic (exact) mass is 562 g/mol. The molecule has 0 bridgehead atoms. The molecular formula is C26H19BrN4O4S. The Bertz CT molecular complexity index is 1450. The highest BCUT2D eigenvalue weighted by Gasteiger charge is 2.34. The smallest absolute Gasteiger partial charge is 0.343 e. The van der Waals surface area contributed by atoms with E-state index in [0.29, 0.717) is 39.0 Å². The molecular weight excluding hydrogens is 544 g/mol. The SMILES string of the molecule is CSc1nnc2c(n1)O[C@H](c1ccc(OC(=O)c3ccc(Br)cc3)cc1)N(C(C)=O)c1ccccc1-2. The van der Waals surface area contributed by atoms with E-state index < -0.39 is 12.2 Å². The minimum Gasteiger partial charge on any atom is -0.447 e. The van der Waals surface area contributed by atoms with Gasteiger partial charge in [-0.3, -0.25) is 9.69 Å². The fourth-order valence-electron chi connectivity index (χ4n) is 3.81. The second-order valence-corrected chi connectivity index (χ2v) is 9.48. The van der Waals surface area contributed by atoms with Crippen LogP contribution < -0.4 is 14.4 Å². The number of benzene rings is 3. The summed E-state index contributed by atoms with van der Waals surface area (Å²) in [7, 11) is 0. The molecule has 8 nitrogen and oxygen atoms in total. The van der Waals surface area contributed by atoms with Crippen LogP contribution in [0, 0.1) is 0 Å². The van der Waals surface area contributed by atoms with Crippen LogP contribution in [-0.2, 0) is 4.79 Å². The van der Waals surface area contributed by atoms with E-state index in [9.17, 15) is 9.59 Å². The molecule has 0 aliphatic carbocycles. The number of amides is 1. The molecule has 0 fully saturated rings. The van der Waals surface area contributed by atoms with Crippen molar-refractivity contribution in [3.8, 4) is 22.9 Å². The molecule has 0 saturated heterocycles. The third-order valence-corrected chi connectivity index (χ3v) is 6.56. The highest BCUT2D eigenvalue weighted by molar-refractivity contribution is 9.10. The number of hydrogen-bond donors (Lipinski definition) is 0. The van der Waals surface area contributed by atoms with Crippen molar-refractivity contribution >= 4 is 45.3 Å². The second-order valence-electron chi connectivity index (χ2n) is 7.79. The van der Waals surface area contributed by atoms with Crippen molar-refractivity contribution in [1.29, 1.82) is 0 Å².